The molecule has 0 saturated heterocycles. The number of halogens is 1. The van der Waals surface area contributed by atoms with E-state index in [1.807, 2.05) is 36.4 Å². The van der Waals surface area contributed by atoms with E-state index in [1.165, 1.54) is 10.4 Å². The van der Waals surface area contributed by atoms with Crippen LogP contribution in [0, 0.1) is 0 Å². The van der Waals surface area contributed by atoms with Crippen LogP contribution in [0.15, 0.2) is 36.4 Å². The van der Waals surface area contributed by atoms with Gasteiger partial charge >= 0.3 is 0 Å². The molecule has 0 spiro atoms. The molecular weight excluding hydrogens is 336 g/mol. The highest BCUT2D eigenvalue weighted by atomic mass is 35.5. The molecule has 22 heavy (non-hydrogen) atoms. The molecule has 0 aliphatic carbocycles. The van der Waals surface area contributed by atoms with Gasteiger partial charge < -0.3 is 15.0 Å². The number of thiocarbonyl (C=S) groups is 1. The maximum atomic E-state index is 5.97. The summed E-state index contributed by atoms with van der Waals surface area (Å²) in [5.41, 5.74) is 1.17. The molecule has 2 rings (SSSR count). The topological polar surface area (TPSA) is 24.5 Å². The van der Waals surface area contributed by atoms with Crippen LogP contribution in [-0.2, 0) is 13.1 Å². The highest BCUT2D eigenvalue weighted by molar-refractivity contribution is 7.80. The first-order valence-electron chi connectivity index (χ1n) is 7.02. The van der Waals surface area contributed by atoms with Gasteiger partial charge in [0.25, 0.3) is 0 Å². The number of ether oxygens (including phenoxy) is 1. The standard InChI is InChI=1S/C16H19ClN2OS2/c1-3-19(11-14-8-9-15(17)22-14)16(21)18-10-12-4-6-13(20-2)7-5-12/h4-9H,3,10-11H2,1-2H3,(H,18,21). The molecule has 1 N–H and O–H groups in total. The molecular formula is C16H19ClN2OS2. The maximum absolute atomic E-state index is 5.97. The average molecular weight is 355 g/mol. The molecule has 118 valence electrons. The minimum atomic E-state index is 0.699. The summed E-state index contributed by atoms with van der Waals surface area (Å²) in [6.45, 7) is 4.42. The summed E-state index contributed by atoms with van der Waals surface area (Å²) in [5, 5.41) is 4.06. The first kappa shape index (κ1) is 17.1. The number of hydrogen-bond acceptors (Lipinski definition) is 3. The van der Waals surface area contributed by atoms with E-state index < -0.39 is 0 Å². The van der Waals surface area contributed by atoms with Gasteiger partial charge in [-0.25, -0.2) is 0 Å². The Morgan fingerprint density at radius 3 is 2.55 bits per heavy atom. The lowest BCUT2D eigenvalue weighted by atomic mass is 10.2. The van der Waals surface area contributed by atoms with Crippen molar-refractivity contribution >= 4 is 40.3 Å². The lowest BCUT2D eigenvalue weighted by Crippen LogP contribution is -2.38. The van der Waals surface area contributed by atoms with E-state index in [0.717, 1.165) is 28.3 Å². The summed E-state index contributed by atoms with van der Waals surface area (Å²) < 4.78 is 5.96. The normalized spacial score (nSPS) is 10.3. The van der Waals surface area contributed by atoms with Gasteiger partial charge in [-0.1, -0.05) is 23.7 Å². The van der Waals surface area contributed by atoms with E-state index in [1.54, 1.807) is 18.4 Å². The second-order valence-corrected chi connectivity index (χ2v) is 6.91. The monoisotopic (exact) mass is 354 g/mol. The first-order valence-corrected chi connectivity index (χ1v) is 8.62. The number of nitrogens with one attached hydrogen (secondary N) is 1. The largest absolute Gasteiger partial charge is 0.497 e. The third-order valence-electron chi connectivity index (χ3n) is 3.25. The highest BCUT2D eigenvalue weighted by Gasteiger charge is 2.09. The quantitative estimate of drug-likeness (QED) is 0.781. The van der Waals surface area contributed by atoms with E-state index in [9.17, 15) is 0 Å². The predicted molar refractivity (Wildman–Crippen MR) is 97.8 cm³/mol. The third-order valence-corrected chi connectivity index (χ3v) is 4.87. The van der Waals surface area contributed by atoms with Gasteiger partial charge in [0.05, 0.1) is 18.0 Å². The molecule has 0 fully saturated rings. The Hall–Kier alpha value is -1.30. The molecule has 0 aliphatic heterocycles. The molecule has 0 unspecified atom stereocenters. The fraction of sp³-hybridized carbons (Fsp3) is 0.312. The van der Waals surface area contributed by atoms with Crippen LogP contribution in [0.4, 0.5) is 0 Å². The number of nitrogens with zero attached hydrogens (tertiary/aromatic N) is 1. The Labute approximate surface area is 145 Å². The Balaban J connectivity index is 1.88. The SMILES string of the molecule is CCN(Cc1ccc(Cl)s1)C(=S)NCc1ccc(OC)cc1. The van der Waals surface area contributed by atoms with Gasteiger partial charge in [-0.3, -0.25) is 0 Å². The van der Waals surface area contributed by atoms with Gasteiger partial charge in [0, 0.05) is 18.0 Å². The fourth-order valence-electron chi connectivity index (χ4n) is 1.98. The number of thiophene rings is 1. The molecule has 0 atom stereocenters. The average Bonchev–Trinajstić information content (AvgIpc) is 2.96. The van der Waals surface area contributed by atoms with Gasteiger partial charge in [0.1, 0.15) is 5.75 Å². The number of methoxy groups -OCH3 is 1. The van der Waals surface area contributed by atoms with E-state index in [4.69, 9.17) is 28.6 Å². The van der Waals surface area contributed by atoms with Gasteiger partial charge in [-0.05, 0) is 49.0 Å². The molecule has 6 heteroatoms. The first-order chi connectivity index (χ1) is 10.6. The van der Waals surface area contributed by atoms with Crippen LogP contribution in [0.1, 0.15) is 17.4 Å². The summed E-state index contributed by atoms with van der Waals surface area (Å²) in [4.78, 5) is 3.33. The summed E-state index contributed by atoms with van der Waals surface area (Å²) in [5.74, 6) is 0.857. The molecule has 1 heterocycles. The zero-order valence-corrected chi connectivity index (χ0v) is 15.0. The Morgan fingerprint density at radius 2 is 2.00 bits per heavy atom. The van der Waals surface area contributed by atoms with Crippen molar-refractivity contribution < 1.29 is 4.74 Å². The molecule has 1 aromatic heterocycles. The molecule has 0 amide bonds. The van der Waals surface area contributed by atoms with Crippen molar-refractivity contribution in [1.29, 1.82) is 0 Å². The van der Waals surface area contributed by atoms with Crippen molar-refractivity contribution in [2.45, 2.75) is 20.0 Å². The van der Waals surface area contributed by atoms with Gasteiger partial charge in [0.15, 0.2) is 5.11 Å². The minimum Gasteiger partial charge on any atom is -0.497 e. The summed E-state index contributed by atoms with van der Waals surface area (Å²) >= 11 is 13.1. The van der Waals surface area contributed by atoms with E-state index >= 15 is 0 Å². The van der Waals surface area contributed by atoms with Crippen LogP contribution in [0.25, 0.3) is 0 Å². The van der Waals surface area contributed by atoms with Crippen molar-refractivity contribution in [1.82, 2.24) is 10.2 Å². The van der Waals surface area contributed by atoms with Crippen molar-refractivity contribution in [3.63, 3.8) is 0 Å². The Kier molecular flexibility index (Phi) is 6.49. The smallest absolute Gasteiger partial charge is 0.169 e. The van der Waals surface area contributed by atoms with Crippen molar-refractivity contribution in [2.24, 2.45) is 0 Å². The predicted octanol–water partition coefficient (Wildman–Crippen LogP) is 4.31. The number of hydrogen-bond donors (Lipinski definition) is 1. The molecule has 3 nitrogen and oxygen atoms in total. The molecule has 0 bridgehead atoms. The second-order valence-electron chi connectivity index (χ2n) is 4.73. The van der Waals surface area contributed by atoms with Crippen LogP contribution in [0.3, 0.4) is 0 Å². The lowest BCUT2D eigenvalue weighted by molar-refractivity contribution is 0.414. The molecule has 1 aromatic carbocycles. The Bertz CT molecular complexity index is 613. The van der Waals surface area contributed by atoms with Crippen molar-refractivity contribution in [3.8, 4) is 5.75 Å². The summed E-state index contributed by atoms with van der Waals surface area (Å²) in [7, 11) is 1.67. The minimum absolute atomic E-state index is 0.699. The van der Waals surface area contributed by atoms with E-state index in [2.05, 4.69) is 17.1 Å². The summed E-state index contributed by atoms with van der Waals surface area (Å²) in [6.07, 6.45) is 0. The van der Waals surface area contributed by atoms with Gasteiger partial charge in [-0.15, -0.1) is 11.3 Å². The van der Waals surface area contributed by atoms with E-state index in [-0.39, 0.29) is 0 Å². The summed E-state index contributed by atoms with van der Waals surface area (Å²) in [6, 6.07) is 11.9. The van der Waals surface area contributed by atoms with Crippen molar-refractivity contribution in [3.05, 3.63) is 51.2 Å². The molecule has 0 aliphatic rings. The number of benzene rings is 1. The highest BCUT2D eigenvalue weighted by Crippen LogP contribution is 2.22. The fourth-order valence-corrected chi connectivity index (χ4v) is 3.35. The molecule has 0 radical (unpaired) electrons. The zero-order valence-electron chi connectivity index (χ0n) is 12.6. The van der Waals surface area contributed by atoms with Crippen LogP contribution in [0.5, 0.6) is 5.75 Å². The molecule has 0 saturated carbocycles. The van der Waals surface area contributed by atoms with E-state index in [0.29, 0.717) is 6.54 Å². The second kappa shape index (κ2) is 8.36. The van der Waals surface area contributed by atoms with Crippen molar-refractivity contribution in [2.75, 3.05) is 13.7 Å². The number of rotatable bonds is 6. The van der Waals surface area contributed by atoms with Gasteiger partial charge in [0.2, 0.25) is 0 Å². The molecule has 2 aromatic rings. The Morgan fingerprint density at radius 1 is 1.27 bits per heavy atom. The van der Waals surface area contributed by atoms with Crippen LogP contribution < -0.4 is 10.1 Å². The maximum Gasteiger partial charge on any atom is 0.169 e. The van der Waals surface area contributed by atoms with Crippen LogP contribution >= 0.6 is 35.2 Å². The third kappa shape index (κ3) is 4.87. The zero-order chi connectivity index (χ0) is 15.9. The lowest BCUT2D eigenvalue weighted by Gasteiger charge is -2.23. The van der Waals surface area contributed by atoms with Crippen LogP contribution in [-0.4, -0.2) is 23.7 Å². The van der Waals surface area contributed by atoms with Crippen LogP contribution in [0.2, 0.25) is 4.34 Å². The van der Waals surface area contributed by atoms with Gasteiger partial charge in [-0.2, -0.15) is 0 Å².